The normalized spacial score (nSPS) is 13.6. The number of amides is 1. The summed E-state index contributed by atoms with van der Waals surface area (Å²) >= 11 is 6.00. The van der Waals surface area contributed by atoms with Gasteiger partial charge in [0, 0.05) is 30.2 Å². The number of H-pyrrole nitrogens is 1. The highest BCUT2D eigenvalue weighted by molar-refractivity contribution is 6.30. The lowest BCUT2D eigenvalue weighted by Gasteiger charge is -2.29. The van der Waals surface area contributed by atoms with E-state index in [2.05, 4.69) is 15.5 Å². The molecule has 1 unspecified atom stereocenters. The molecule has 0 spiro atoms. The summed E-state index contributed by atoms with van der Waals surface area (Å²) < 4.78 is 14.2. The summed E-state index contributed by atoms with van der Waals surface area (Å²) in [5.74, 6) is -2.36. The molecule has 0 saturated carbocycles. The van der Waals surface area contributed by atoms with Gasteiger partial charge in [0.1, 0.15) is 17.2 Å². The molecule has 0 saturated heterocycles. The van der Waals surface area contributed by atoms with Gasteiger partial charge in [-0.3, -0.25) is 19.5 Å². The van der Waals surface area contributed by atoms with Crippen molar-refractivity contribution in [2.24, 2.45) is 5.41 Å². The Hall–Kier alpha value is -3.56. The number of benzene rings is 2. The Labute approximate surface area is 212 Å². The van der Waals surface area contributed by atoms with E-state index in [4.69, 9.17) is 11.6 Å². The van der Waals surface area contributed by atoms with Crippen LogP contribution < -0.4 is 5.32 Å². The largest absolute Gasteiger partial charge is 0.481 e. The summed E-state index contributed by atoms with van der Waals surface area (Å²) in [6.45, 7) is 2.51. The summed E-state index contributed by atoms with van der Waals surface area (Å²) in [5, 5.41) is 28.7. The highest BCUT2D eigenvalue weighted by Gasteiger charge is 2.36. The van der Waals surface area contributed by atoms with Gasteiger partial charge in [0.25, 0.3) is 5.91 Å². The molecule has 190 valence electrons. The maximum absolute atomic E-state index is 14.2. The van der Waals surface area contributed by atoms with Crippen LogP contribution in [-0.2, 0) is 11.2 Å². The van der Waals surface area contributed by atoms with Crippen LogP contribution in [-0.4, -0.2) is 50.7 Å². The predicted octanol–water partition coefficient (Wildman–Crippen LogP) is 4.28. The predicted molar refractivity (Wildman–Crippen MR) is 132 cm³/mol. The van der Waals surface area contributed by atoms with Crippen LogP contribution in [0.4, 0.5) is 4.39 Å². The Bertz CT molecular complexity index is 1260. The van der Waals surface area contributed by atoms with Crippen molar-refractivity contribution < 1.29 is 29.0 Å². The van der Waals surface area contributed by atoms with Crippen LogP contribution >= 0.6 is 11.6 Å². The molecule has 8 nitrogen and oxygen atoms in total. The fraction of sp³-hybridized carbons (Fsp3) is 0.308. The van der Waals surface area contributed by atoms with Crippen LogP contribution in [0, 0.1) is 11.2 Å². The van der Waals surface area contributed by atoms with Crippen LogP contribution in [0.3, 0.4) is 0 Å². The average molecular weight is 516 g/mol. The summed E-state index contributed by atoms with van der Waals surface area (Å²) in [6.07, 6.45) is 0.305. The van der Waals surface area contributed by atoms with Crippen LogP contribution in [0.25, 0.3) is 11.1 Å². The molecule has 3 rings (SSSR count). The highest BCUT2D eigenvalue weighted by Crippen LogP contribution is 2.30. The van der Waals surface area contributed by atoms with Crippen molar-refractivity contribution in [3.8, 4) is 11.1 Å². The number of carboxylic acids is 1. The van der Waals surface area contributed by atoms with E-state index in [0.29, 0.717) is 16.1 Å². The van der Waals surface area contributed by atoms with Gasteiger partial charge in [0.2, 0.25) is 0 Å². The molecule has 0 aliphatic carbocycles. The monoisotopic (exact) mass is 515 g/mol. The van der Waals surface area contributed by atoms with E-state index in [1.807, 2.05) is 0 Å². The van der Waals surface area contributed by atoms with Crippen LogP contribution in [0.2, 0.25) is 5.02 Å². The number of carboxylic acid groups (broad SMARTS) is 1. The van der Waals surface area contributed by atoms with Gasteiger partial charge < -0.3 is 15.5 Å². The van der Waals surface area contributed by atoms with E-state index in [-0.39, 0.29) is 43.0 Å². The highest BCUT2D eigenvalue weighted by atomic mass is 35.5. The SMILES string of the molecule is CC(=O)c1cc(C(=O)N[C@H](Cc2ccc(-c3cc(Cl)ccc3F)cc2)CC(C)(CCO)C(=O)O)[nH]n1. The second kappa shape index (κ2) is 11.5. The summed E-state index contributed by atoms with van der Waals surface area (Å²) in [5.41, 5.74) is 0.615. The van der Waals surface area contributed by atoms with Crippen molar-refractivity contribution in [1.82, 2.24) is 15.5 Å². The van der Waals surface area contributed by atoms with Crippen molar-refractivity contribution in [3.05, 3.63) is 76.3 Å². The number of nitrogens with one attached hydrogen (secondary N) is 2. The van der Waals surface area contributed by atoms with Gasteiger partial charge in [-0.1, -0.05) is 35.9 Å². The molecule has 0 aliphatic heterocycles. The number of ketones is 1. The minimum atomic E-state index is -1.30. The number of aliphatic hydroxyl groups is 1. The Kier molecular flexibility index (Phi) is 8.60. The molecule has 36 heavy (non-hydrogen) atoms. The molecular formula is C26H27ClFN3O5. The number of aromatic nitrogens is 2. The standard InChI is InChI=1S/C26H27ClFN3O5/c1-15(33)22-13-23(31-30-22)24(34)29-19(14-26(2,9-10-32)25(35)36)11-16-3-5-17(6-4-16)20-12-18(27)7-8-21(20)28/h3-8,12-13,19,32H,9-11,14H2,1-2H3,(H,29,34)(H,30,31)(H,35,36)/t19-,26?/m1/s1. The molecule has 1 aromatic heterocycles. The van der Waals surface area contributed by atoms with Gasteiger partial charge in [0.15, 0.2) is 5.78 Å². The van der Waals surface area contributed by atoms with Gasteiger partial charge in [-0.15, -0.1) is 0 Å². The smallest absolute Gasteiger partial charge is 0.309 e. The number of nitrogens with zero attached hydrogens (tertiary/aromatic N) is 1. The zero-order valence-electron chi connectivity index (χ0n) is 19.8. The first kappa shape index (κ1) is 27.0. The van der Waals surface area contributed by atoms with E-state index >= 15 is 0 Å². The van der Waals surface area contributed by atoms with Crippen molar-refractivity contribution in [3.63, 3.8) is 0 Å². The fourth-order valence-corrected chi connectivity index (χ4v) is 4.14. The molecule has 1 amide bonds. The number of Topliss-reactive ketones (excluding diaryl/α,β-unsaturated/α-hetero) is 1. The minimum Gasteiger partial charge on any atom is -0.481 e. The lowest BCUT2D eigenvalue weighted by Crippen LogP contribution is -2.43. The van der Waals surface area contributed by atoms with Crippen molar-refractivity contribution >= 4 is 29.3 Å². The third-order valence-corrected chi connectivity index (χ3v) is 6.31. The number of carbonyl (C=O) groups excluding carboxylic acids is 2. The van der Waals surface area contributed by atoms with Gasteiger partial charge in [0.05, 0.1) is 5.41 Å². The van der Waals surface area contributed by atoms with Crippen LogP contribution in [0.5, 0.6) is 0 Å². The maximum Gasteiger partial charge on any atom is 0.309 e. The van der Waals surface area contributed by atoms with Gasteiger partial charge in [-0.05, 0) is 61.6 Å². The van der Waals surface area contributed by atoms with E-state index < -0.39 is 29.2 Å². The number of hydrogen-bond acceptors (Lipinski definition) is 5. The van der Waals surface area contributed by atoms with E-state index in [1.54, 1.807) is 24.3 Å². The maximum atomic E-state index is 14.2. The lowest BCUT2D eigenvalue weighted by atomic mass is 9.79. The first-order valence-electron chi connectivity index (χ1n) is 11.3. The van der Waals surface area contributed by atoms with E-state index in [1.165, 1.54) is 38.1 Å². The number of aliphatic hydroxyl groups excluding tert-OH is 1. The molecule has 1 heterocycles. The van der Waals surface area contributed by atoms with Crippen molar-refractivity contribution in [1.29, 1.82) is 0 Å². The summed E-state index contributed by atoms with van der Waals surface area (Å²) in [6, 6.07) is 12.0. The van der Waals surface area contributed by atoms with E-state index in [9.17, 15) is 29.0 Å². The van der Waals surface area contributed by atoms with Crippen molar-refractivity contribution in [2.45, 2.75) is 39.2 Å². The molecule has 4 N–H and O–H groups in total. The second-order valence-electron chi connectivity index (χ2n) is 8.96. The third kappa shape index (κ3) is 6.56. The number of hydrogen-bond donors (Lipinski definition) is 4. The Morgan fingerprint density at radius 3 is 2.44 bits per heavy atom. The Balaban J connectivity index is 1.85. The molecule has 0 radical (unpaired) electrons. The van der Waals surface area contributed by atoms with Crippen molar-refractivity contribution in [2.75, 3.05) is 6.61 Å². The molecule has 0 fully saturated rings. The molecule has 0 aliphatic rings. The molecule has 0 bridgehead atoms. The fourth-order valence-electron chi connectivity index (χ4n) is 3.97. The number of carbonyl (C=O) groups is 3. The van der Waals surface area contributed by atoms with E-state index in [0.717, 1.165) is 5.56 Å². The first-order chi connectivity index (χ1) is 17.0. The molecule has 2 atom stereocenters. The first-order valence-corrected chi connectivity index (χ1v) is 11.7. The molecule has 2 aromatic carbocycles. The zero-order valence-corrected chi connectivity index (χ0v) is 20.6. The molecular weight excluding hydrogens is 489 g/mol. The lowest BCUT2D eigenvalue weighted by molar-refractivity contribution is -0.149. The van der Waals surface area contributed by atoms with Crippen LogP contribution in [0.15, 0.2) is 48.5 Å². The second-order valence-corrected chi connectivity index (χ2v) is 9.40. The third-order valence-electron chi connectivity index (χ3n) is 6.07. The Morgan fingerprint density at radius 1 is 1.17 bits per heavy atom. The van der Waals surface area contributed by atoms with Gasteiger partial charge in [-0.25, -0.2) is 4.39 Å². The number of aliphatic carboxylic acids is 1. The number of halogens is 2. The minimum absolute atomic E-state index is 0.000225. The van der Waals surface area contributed by atoms with Gasteiger partial charge in [-0.2, -0.15) is 5.10 Å². The summed E-state index contributed by atoms with van der Waals surface area (Å²) in [7, 11) is 0. The van der Waals surface area contributed by atoms with Crippen LogP contribution in [0.1, 0.15) is 53.2 Å². The summed E-state index contributed by atoms with van der Waals surface area (Å²) in [4.78, 5) is 36.3. The zero-order chi connectivity index (χ0) is 26.5. The Morgan fingerprint density at radius 2 is 1.86 bits per heavy atom. The average Bonchev–Trinajstić information content (AvgIpc) is 3.32. The van der Waals surface area contributed by atoms with Gasteiger partial charge >= 0.3 is 5.97 Å². The quantitative estimate of drug-likeness (QED) is 0.282. The topological polar surface area (TPSA) is 132 Å². The number of aromatic amines is 1. The molecule has 3 aromatic rings. The molecule has 10 heteroatoms. The number of rotatable bonds is 11.